The average Bonchev–Trinajstić information content (AvgIpc) is 3.45. The van der Waals surface area contributed by atoms with E-state index in [0.717, 1.165) is 33.3 Å². The lowest BCUT2D eigenvalue weighted by molar-refractivity contribution is 0.180. The first kappa shape index (κ1) is 18.8. The molecule has 0 N–H and O–H groups in total. The van der Waals surface area contributed by atoms with Crippen LogP contribution in [0.4, 0.5) is 0 Å². The number of halogens is 1. The Labute approximate surface area is 181 Å². The van der Waals surface area contributed by atoms with Crippen molar-refractivity contribution in [1.82, 2.24) is 29.5 Å². The van der Waals surface area contributed by atoms with Gasteiger partial charge >= 0.3 is 0 Å². The van der Waals surface area contributed by atoms with Gasteiger partial charge in [0.05, 0.1) is 42.7 Å². The van der Waals surface area contributed by atoms with Gasteiger partial charge in [0, 0.05) is 18.6 Å². The highest BCUT2D eigenvalue weighted by atomic mass is 35.5. The summed E-state index contributed by atoms with van der Waals surface area (Å²) < 4.78 is 14.3. The van der Waals surface area contributed by atoms with Crippen LogP contribution in [0.5, 0.6) is 5.19 Å². The Morgan fingerprint density at radius 3 is 2.87 bits per heavy atom. The van der Waals surface area contributed by atoms with Crippen LogP contribution in [0.2, 0.25) is 5.02 Å². The number of hydrogen-bond donors (Lipinski definition) is 0. The molecule has 0 unspecified atom stereocenters. The van der Waals surface area contributed by atoms with Crippen molar-refractivity contribution in [2.45, 2.75) is 13.0 Å². The van der Waals surface area contributed by atoms with E-state index >= 15 is 0 Å². The van der Waals surface area contributed by atoms with Crippen LogP contribution < -0.4 is 4.74 Å². The van der Waals surface area contributed by atoms with Crippen molar-refractivity contribution in [3.05, 3.63) is 63.4 Å². The smallest absolute Gasteiger partial charge is 0.274 e. The molecular formula is C20H15ClN6O2S. The van der Waals surface area contributed by atoms with E-state index in [-0.39, 0.29) is 0 Å². The maximum atomic E-state index is 6.28. The molecule has 0 atom stereocenters. The Hall–Kier alpha value is -3.19. The Balaban J connectivity index is 1.66. The molecule has 4 heterocycles. The number of thiazole rings is 1. The fourth-order valence-corrected chi connectivity index (χ4v) is 4.12. The first-order chi connectivity index (χ1) is 14.7. The molecule has 5 rings (SSSR count). The molecule has 0 aliphatic carbocycles. The van der Waals surface area contributed by atoms with E-state index in [1.807, 2.05) is 27.4 Å². The van der Waals surface area contributed by atoms with Gasteiger partial charge in [-0.05, 0) is 30.0 Å². The Morgan fingerprint density at radius 2 is 2.07 bits per heavy atom. The van der Waals surface area contributed by atoms with Crippen LogP contribution in [0, 0.1) is 11.8 Å². The summed E-state index contributed by atoms with van der Waals surface area (Å²) in [6.07, 6.45) is 4.02. The van der Waals surface area contributed by atoms with Crippen LogP contribution >= 0.6 is 22.9 Å². The van der Waals surface area contributed by atoms with Gasteiger partial charge in [-0.3, -0.25) is 4.57 Å². The number of benzene rings is 1. The van der Waals surface area contributed by atoms with Gasteiger partial charge in [-0.15, -0.1) is 5.10 Å². The minimum absolute atomic E-state index is 0.362. The molecule has 0 amide bonds. The highest BCUT2D eigenvalue weighted by Crippen LogP contribution is 2.31. The normalized spacial score (nSPS) is 11.7. The van der Waals surface area contributed by atoms with E-state index in [2.05, 4.69) is 32.1 Å². The Bertz CT molecular complexity index is 1310. The van der Waals surface area contributed by atoms with Gasteiger partial charge in [0.1, 0.15) is 22.6 Å². The van der Waals surface area contributed by atoms with E-state index in [4.69, 9.17) is 21.1 Å². The highest BCUT2D eigenvalue weighted by molar-refractivity contribution is 7.13. The number of rotatable bonds is 3. The average molecular weight is 439 g/mol. The van der Waals surface area contributed by atoms with Crippen molar-refractivity contribution in [2.24, 2.45) is 0 Å². The van der Waals surface area contributed by atoms with Crippen LogP contribution in [0.25, 0.3) is 11.4 Å². The first-order valence-electron chi connectivity index (χ1n) is 8.98. The lowest BCUT2D eigenvalue weighted by atomic mass is 10.1. The lowest BCUT2D eigenvalue weighted by Crippen LogP contribution is -2.04. The summed E-state index contributed by atoms with van der Waals surface area (Å²) in [7, 11) is 3.22. The fraction of sp³-hybridized carbons (Fsp3) is 0.200. The van der Waals surface area contributed by atoms with Gasteiger partial charge in [-0.25, -0.2) is 14.6 Å². The van der Waals surface area contributed by atoms with Gasteiger partial charge < -0.3 is 9.47 Å². The van der Waals surface area contributed by atoms with E-state index < -0.39 is 0 Å². The molecular weight excluding hydrogens is 424 g/mol. The third kappa shape index (κ3) is 3.15. The Morgan fingerprint density at radius 1 is 1.17 bits per heavy atom. The number of nitrogens with zero attached hydrogens (tertiary/aromatic N) is 6. The van der Waals surface area contributed by atoms with E-state index in [0.29, 0.717) is 28.9 Å². The molecule has 4 aromatic rings. The van der Waals surface area contributed by atoms with Crippen molar-refractivity contribution in [1.29, 1.82) is 0 Å². The second-order valence-corrected chi connectivity index (χ2v) is 7.92. The molecule has 10 heteroatoms. The lowest BCUT2D eigenvalue weighted by Gasteiger charge is -2.09. The molecule has 150 valence electrons. The summed E-state index contributed by atoms with van der Waals surface area (Å²) in [5.41, 5.74) is 5.05. The van der Waals surface area contributed by atoms with Gasteiger partial charge in [0.2, 0.25) is 0 Å². The van der Waals surface area contributed by atoms with E-state index in [1.165, 1.54) is 11.3 Å². The van der Waals surface area contributed by atoms with Gasteiger partial charge in [0.25, 0.3) is 5.19 Å². The van der Waals surface area contributed by atoms with Crippen LogP contribution in [0.3, 0.4) is 0 Å². The largest absolute Gasteiger partial charge is 0.473 e. The predicted molar refractivity (Wildman–Crippen MR) is 112 cm³/mol. The number of fused-ring (bicyclic) bond motifs is 5. The molecule has 3 aromatic heterocycles. The topological polar surface area (TPSA) is 79.9 Å². The fourth-order valence-electron chi connectivity index (χ4n) is 3.37. The van der Waals surface area contributed by atoms with Gasteiger partial charge in [-0.2, -0.15) is 0 Å². The van der Waals surface area contributed by atoms with Crippen LogP contribution in [0.15, 0.2) is 30.7 Å². The van der Waals surface area contributed by atoms with Crippen molar-refractivity contribution >= 4 is 22.9 Å². The van der Waals surface area contributed by atoms with Crippen molar-refractivity contribution in [3.63, 3.8) is 0 Å². The Kier molecular flexibility index (Phi) is 4.75. The van der Waals surface area contributed by atoms with Gasteiger partial charge in [0.15, 0.2) is 0 Å². The summed E-state index contributed by atoms with van der Waals surface area (Å²) in [5.74, 6) is 6.31. The predicted octanol–water partition coefficient (Wildman–Crippen LogP) is 3.02. The molecule has 1 aliphatic rings. The third-order valence-electron chi connectivity index (χ3n) is 4.71. The molecule has 0 spiro atoms. The SMILES string of the molecule is COCc1nnn2c1Cc1c(C#Cc3cnc(OC)s3)ncn1-c1ccc(Cl)cc1-2. The third-order valence-corrected chi connectivity index (χ3v) is 5.82. The molecule has 0 saturated carbocycles. The molecule has 0 radical (unpaired) electrons. The summed E-state index contributed by atoms with van der Waals surface area (Å²) in [5, 5.41) is 9.86. The maximum absolute atomic E-state index is 6.28. The second kappa shape index (κ2) is 7.57. The summed E-state index contributed by atoms with van der Waals surface area (Å²) in [4.78, 5) is 9.52. The molecule has 0 saturated heterocycles. The zero-order chi connectivity index (χ0) is 20.7. The zero-order valence-electron chi connectivity index (χ0n) is 16.1. The van der Waals surface area contributed by atoms with Crippen molar-refractivity contribution in [3.8, 4) is 28.4 Å². The molecule has 0 fully saturated rings. The highest BCUT2D eigenvalue weighted by Gasteiger charge is 2.26. The minimum Gasteiger partial charge on any atom is -0.473 e. The molecule has 1 aromatic carbocycles. The summed E-state index contributed by atoms with van der Waals surface area (Å²) in [6.45, 7) is 0.362. The quantitative estimate of drug-likeness (QED) is 0.403. The first-order valence-corrected chi connectivity index (χ1v) is 10.2. The van der Waals surface area contributed by atoms with Crippen molar-refractivity contribution < 1.29 is 9.47 Å². The molecule has 0 bridgehead atoms. The van der Waals surface area contributed by atoms with Crippen LogP contribution in [-0.4, -0.2) is 43.7 Å². The minimum atomic E-state index is 0.362. The number of aromatic nitrogens is 6. The molecule has 1 aliphatic heterocycles. The number of ether oxygens (including phenoxy) is 2. The van der Waals surface area contributed by atoms with Crippen molar-refractivity contribution in [2.75, 3.05) is 14.2 Å². The van der Waals surface area contributed by atoms with Crippen LogP contribution in [-0.2, 0) is 17.8 Å². The zero-order valence-corrected chi connectivity index (χ0v) is 17.7. The van der Waals surface area contributed by atoms with Gasteiger partial charge in [-0.1, -0.05) is 28.2 Å². The summed E-state index contributed by atoms with van der Waals surface area (Å²) in [6, 6.07) is 5.66. The van der Waals surface area contributed by atoms with E-state index in [9.17, 15) is 0 Å². The summed E-state index contributed by atoms with van der Waals surface area (Å²) >= 11 is 7.67. The maximum Gasteiger partial charge on any atom is 0.274 e. The monoisotopic (exact) mass is 438 g/mol. The van der Waals surface area contributed by atoms with E-state index in [1.54, 1.807) is 26.7 Å². The number of hydrogen-bond acceptors (Lipinski definition) is 7. The standard InChI is InChI=1S/C20H15ClN6O2S/c1-28-10-15-18-8-17-14(5-4-13-9-22-20(29-2)30-13)23-11-26(17)16-6-3-12(21)7-19(16)27(18)25-24-15/h3,6-7,9,11H,8,10H2,1-2H3. The second-order valence-electron chi connectivity index (χ2n) is 6.49. The number of imidazole rings is 1. The number of methoxy groups -OCH3 is 2. The van der Waals surface area contributed by atoms with Crippen LogP contribution in [0.1, 0.15) is 27.7 Å². The molecule has 8 nitrogen and oxygen atoms in total. The molecule has 30 heavy (non-hydrogen) atoms.